The second kappa shape index (κ2) is 7.34. The highest BCUT2D eigenvalue weighted by molar-refractivity contribution is 6.00. The first-order chi connectivity index (χ1) is 9.88. The molecule has 1 amide bonds. The van der Waals surface area contributed by atoms with Crippen molar-refractivity contribution in [1.29, 1.82) is 0 Å². The maximum absolute atomic E-state index is 12.1. The largest absolute Gasteiger partial charge is 0.480 e. The average Bonchev–Trinajstić information content (AvgIpc) is 2.42. The number of nitro groups is 1. The van der Waals surface area contributed by atoms with Crippen LogP contribution in [-0.4, -0.2) is 41.7 Å². The van der Waals surface area contributed by atoms with Crippen molar-refractivity contribution in [2.75, 3.05) is 13.7 Å². The smallest absolute Gasteiger partial charge is 0.326 e. The van der Waals surface area contributed by atoms with Crippen molar-refractivity contribution in [3.8, 4) is 0 Å². The first-order valence-corrected chi connectivity index (χ1v) is 6.15. The highest BCUT2D eigenvalue weighted by Crippen LogP contribution is 2.23. The monoisotopic (exact) mass is 296 g/mol. The summed E-state index contributed by atoms with van der Waals surface area (Å²) in [5.74, 6) is -2.02. The summed E-state index contributed by atoms with van der Waals surface area (Å²) in [5.41, 5.74) is -0.161. The highest BCUT2D eigenvalue weighted by atomic mass is 16.6. The maximum Gasteiger partial charge on any atom is 0.326 e. The summed E-state index contributed by atoms with van der Waals surface area (Å²) < 4.78 is 4.77. The zero-order chi connectivity index (χ0) is 16.0. The Morgan fingerprint density at radius 1 is 1.48 bits per heavy atom. The quantitative estimate of drug-likeness (QED) is 0.575. The molecule has 8 nitrogen and oxygen atoms in total. The molecule has 0 fully saturated rings. The van der Waals surface area contributed by atoms with Crippen molar-refractivity contribution in [2.24, 2.45) is 0 Å². The predicted octanol–water partition coefficient (Wildman–Crippen LogP) is 1.12. The fraction of sp³-hybridized carbons (Fsp3) is 0.385. The van der Waals surface area contributed by atoms with Gasteiger partial charge in [-0.3, -0.25) is 14.9 Å². The summed E-state index contributed by atoms with van der Waals surface area (Å²) in [6.45, 7) is 1.65. The zero-order valence-electron chi connectivity index (χ0n) is 11.7. The van der Waals surface area contributed by atoms with Crippen LogP contribution in [0.2, 0.25) is 0 Å². The Morgan fingerprint density at radius 2 is 2.14 bits per heavy atom. The van der Waals surface area contributed by atoms with Gasteiger partial charge in [-0.05, 0) is 13.0 Å². The van der Waals surface area contributed by atoms with Gasteiger partial charge in [-0.15, -0.1) is 0 Å². The van der Waals surface area contributed by atoms with E-state index in [9.17, 15) is 19.7 Å². The lowest BCUT2D eigenvalue weighted by atomic mass is 10.1. The van der Waals surface area contributed by atoms with E-state index in [1.165, 1.54) is 32.2 Å². The maximum atomic E-state index is 12.1. The number of aliphatic carboxylic acids is 1. The van der Waals surface area contributed by atoms with Gasteiger partial charge in [0.1, 0.15) is 11.6 Å². The SMILES string of the molecule is COCCC(NC(=O)c1cccc(C)c1[N+](=O)[O-])C(=O)O. The number of hydrogen-bond donors (Lipinski definition) is 2. The van der Waals surface area contributed by atoms with Crippen LogP contribution in [0, 0.1) is 17.0 Å². The molecule has 1 rings (SSSR count). The van der Waals surface area contributed by atoms with Crippen LogP contribution in [-0.2, 0) is 9.53 Å². The van der Waals surface area contributed by atoms with E-state index in [1.54, 1.807) is 0 Å². The van der Waals surface area contributed by atoms with Crippen LogP contribution in [0.3, 0.4) is 0 Å². The number of methoxy groups -OCH3 is 1. The topological polar surface area (TPSA) is 119 Å². The number of nitrogens with one attached hydrogen (secondary N) is 1. The predicted molar refractivity (Wildman–Crippen MR) is 73.2 cm³/mol. The van der Waals surface area contributed by atoms with Crippen LogP contribution in [0.5, 0.6) is 0 Å². The van der Waals surface area contributed by atoms with Gasteiger partial charge in [0, 0.05) is 25.7 Å². The van der Waals surface area contributed by atoms with Gasteiger partial charge in [0.25, 0.3) is 11.6 Å². The van der Waals surface area contributed by atoms with Gasteiger partial charge >= 0.3 is 5.97 Å². The molecule has 0 spiro atoms. The Hall–Kier alpha value is -2.48. The molecule has 1 aromatic rings. The third kappa shape index (κ3) is 4.25. The summed E-state index contributed by atoms with van der Waals surface area (Å²) in [6.07, 6.45) is 0.0667. The van der Waals surface area contributed by atoms with E-state index in [-0.39, 0.29) is 24.3 Å². The molecule has 0 bridgehead atoms. The number of rotatable bonds is 7. The van der Waals surface area contributed by atoms with E-state index in [0.717, 1.165) is 0 Å². The van der Waals surface area contributed by atoms with Crippen LogP contribution in [0.15, 0.2) is 18.2 Å². The van der Waals surface area contributed by atoms with E-state index < -0.39 is 22.8 Å². The summed E-state index contributed by atoms with van der Waals surface area (Å²) in [4.78, 5) is 33.5. The van der Waals surface area contributed by atoms with Crippen LogP contribution in [0.25, 0.3) is 0 Å². The number of amides is 1. The lowest BCUT2D eigenvalue weighted by molar-refractivity contribution is -0.385. The van der Waals surface area contributed by atoms with Crippen molar-refractivity contribution < 1.29 is 24.4 Å². The standard InChI is InChI=1S/C13H16N2O6/c1-8-4-3-5-9(11(8)15(19)20)12(16)14-10(13(17)18)6-7-21-2/h3-5,10H,6-7H2,1-2H3,(H,14,16)(H,17,18). The average molecular weight is 296 g/mol. The molecule has 0 radical (unpaired) electrons. The van der Waals surface area contributed by atoms with Crippen molar-refractivity contribution in [1.82, 2.24) is 5.32 Å². The minimum absolute atomic E-state index is 0.0667. The number of carboxylic acid groups (broad SMARTS) is 1. The Morgan fingerprint density at radius 3 is 2.67 bits per heavy atom. The molecule has 2 N–H and O–H groups in total. The molecule has 1 atom stereocenters. The van der Waals surface area contributed by atoms with Crippen LogP contribution in [0.4, 0.5) is 5.69 Å². The molecule has 1 unspecified atom stereocenters. The molecule has 0 heterocycles. The molecule has 0 saturated carbocycles. The molecule has 8 heteroatoms. The summed E-state index contributed by atoms with van der Waals surface area (Å²) in [6, 6.07) is 3.13. The van der Waals surface area contributed by atoms with Crippen LogP contribution in [0.1, 0.15) is 22.3 Å². The van der Waals surface area contributed by atoms with E-state index in [4.69, 9.17) is 9.84 Å². The van der Waals surface area contributed by atoms with E-state index in [1.807, 2.05) is 0 Å². The normalized spacial score (nSPS) is 11.7. The Labute approximate surface area is 120 Å². The molecule has 0 aliphatic carbocycles. The fourth-order valence-corrected chi connectivity index (χ4v) is 1.81. The second-order valence-electron chi connectivity index (χ2n) is 4.37. The van der Waals surface area contributed by atoms with Gasteiger partial charge in [-0.25, -0.2) is 4.79 Å². The number of hydrogen-bond acceptors (Lipinski definition) is 5. The first-order valence-electron chi connectivity index (χ1n) is 6.15. The zero-order valence-corrected chi connectivity index (χ0v) is 11.7. The van der Waals surface area contributed by atoms with Gasteiger partial charge in [-0.1, -0.05) is 12.1 Å². The fourth-order valence-electron chi connectivity index (χ4n) is 1.81. The lowest BCUT2D eigenvalue weighted by Gasteiger charge is -2.14. The number of nitro benzene ring substituents is 1. The molecular formula is C13H16N2O6. The van der Waals surface area contributed by atoms with E-state index in [0.29, 0.717) is 5.56 Å². The lowest BCUT2D eigenvalue weighted by Crippen LogP contribution is -2.41. The van der Waals surface area contributed by atoms with Gasteiger partial charge in [0.15, 0.2) is 0 Å². The number of carbonyl (C=O) groups is 2. The number of carboxylic acids is 1. The molecular weight excluding hydrogens is 280 g/mol. The van der Waals surface area contributed by atoms with Gasteiger partial charge in [-0.2, -0.15) is 0 Å². The highest BCUT2D eigenvalue weighted by Gasteiger charge is 2.26. The van der Waals surface area contributed by atoms with Gasteiger partial charge in [0.2, 0.25) is 0 Å². The Bertz CT molecular complexity index is 558. The Kier molecular flexibility index (Phi) is 5.79. The van der Waals surface area contributed by atoms with Crippen molar-refractivity contribution in [2.45, 2.75) is 19.4 Å². The first kappa shape index (κ1) is 16.6. The number of nitrogens with zero attached hydrogens (tertiary/aromatic N) is 1. The Balaban J connectivity index is 3.00. The third-order valence-corrected chi connectivity index (χ3v) is 2.88. The van der Waals surface area contributed by atoms with Crippen molar-refractivity contribution in [3.63, 3.8) is 0 Å². The number of carbonyl (C=O) groups excluding carboxylic acids is 1. The second-order valence-corrected chi connectivity index (χ2v) is 4.37. The molecule has 0 saturated heterocycles. The number of aryl methyl sites for hydroxylation is 1. The minimum Gasteiger partial charge on any atom is -0.480 e. The minimum atomic E-state index is -1.23. The number of ether oxygens (including phenoxy) is 1. The van der Waals surface area contributed by atoms with Gasteiger partial charge in [0.05, 0.1) is 4.92 Å². The molecule has 0 aromatic heterocycles. The van der Waals surface area contributed by atoms with Gasteiger partial charge < -0.3 is 15.2 Å². The summed E-state index contributed by atoms with van der Waals surface area (Å²) >= 11 is 0. The summed E-state index contributed by atoms with van der Waals surface area (Å²) in [7, 11) is 1.41. The van der Waals surface area contributed by atoms with E-state index >= 15 is 0 Å². The van der Waals surface area contributed by atoms with Crippen LogP contribution < -0.4 is 5.32 Å². The molecule has 114 valence electrons. The van der Waals surface area contributed by atoms with Crippen molar-refractivity contribution >= 4 is 17.6 Å². The third-order valence-electron chi connectivity index (χ3n) is 2.88. The molecule has 0 aliphatic rings. The number of para-hydroxylation sites is 1. The number of benzene rings is 1. The van der Waals surface area contributed by atoms with E-state index in [2.05, 4.69) is 5.32 Å². The summed E-state index contributed by atoms with van der Waals surface area (Å²) in [5, 5.41) is 22.3. The van der Waals surface area contributed by atoms with Crippen molar-refractivity contribution in [3.05, 3.63) is 39.4 Å². The molecule has 1 aromatic carbocycles. The molecule has 0 aliphatic heterocycles. The molecule has 21 heavy (non-hydrogen) atoms. The van der Waals surface area contributed by atoms with Crippen LogP contribution >= 0.6 is 0 Å².